The Labute approximate surface area is 147 Å². The maximum absolute atomic E-state index is 5.26. The zero-order valence-electron chi connectivity index (χ0n) is 14.1. The molecule has 0 radical (unpaired) electrons. The van der Waals surface area contributed by atoms with Crippen molar-refractivity contribution in [2.75, 3.05) is 0 Å². The fourth-order valence-electron chi connectivity index (χ4n) is 5.21. The van der Waals surface area contributed by atoms with Gasteiger partial charge < -0.3 is 0 Å². The van der Waals surface area contributed by atoms with Crippen LogP contribution >= 0.6 is 0 Å². The van der Waals surface area contributed by atoms with Crippen molar-refractivity contribution in [1.82, 2.24) is 4.98 Å². The Morgan fingerprint density at radius 2 is 1.44 bits per heavy atom. The Balaban J connectivity index is 1.80. The number of fused-ring (bicyclic) bond motifs is 9. The van der Waals surface area contributed by atoms with Crippen LogP contribution in [-0.4, -0.2) is 4.98 Å². The molecule has 0 N–H and O–H groups in total. The SMILES string of the molecule is c1ccc(-c2nc3c(ccc4ccccc43)c3c2C2CCC3C2)cc1. The first-order chi connectivity index (χ1) is 12.4. The first-order valence-corrected chi connectivity index (χ1v) is 9.31. The van der Waals surface area contributed by atoms with Crippen molar-refractivity contribution in [3.8, 4) is 11.3 Å². The lowest BCUT2D eigenvalue weighted by molar-refractivity contribution is 0.720. The molecule has 2 atom stereocenters. The summed E-state index contributed by atoms with van der Waals surface area (Å²) in [5.41, 5.74) is 6.83. The summed E-state index contributed by atoms with van der Waals surface area (Å²) in [5.74, 6) is 1.44. The van der Waals surface area contributed by atoms with E-state index in [9.17, 15) is 0 Å². The minimum absolute atomic E-state index is 0.707. The molecule has 1 fully saturated rings. The van der Waals surface area contributed by atoms with Gasteiger partial charge >= 0.3 is 0 Å². The van der Waals surface area contributed by atoms with Gasteiger partial charge in [-0.3, -0.25) is 0 Å². The minimum Gasteiger partial charge on any atom is -0.247 e. The molecule has 4 aromatic rings. The second kappa shape index (κ2) is 4.92. The van der Waals surface area contributed by atoms with Gasteiger partial charge in [0.25, 0.3) is 0 Å². The van der Waals surface area contributed by atoms with Crippen molar-refractivity contribution in [3.05, 3.63) is 77.9 Å². The minimum atomic E-state index is 0.707. The van der Waals surface area contributed by atoms with Gasteiger partial charge in [-0.1, -0.05) is 66.7 Å². The highest BCUT2D eigenvalue weighted by atomic mass is 14.7. The van der Waals surface area contributed by atoms with Gasteiger partial charge in [0, 0.05) is 16.3 Å². The Morgan fingerprint density at radius 3 is 2.32 bits per heavy atom. The van der Waals surface area contributed by atoms with E-state index in [1.807, 2.05) is 0 Å². The number of hydrogen-bond donors (Lipinski definition) is 0. The van der Waals surface area contributed by atoms with E-state index in [0.717, 1.165) is 5.92 Å². The average Bonchev–Trinajstić information content (AvgIpc) is 3.30. The third-order valence-electron chi connectivity index (χ3n) is 6.26. The van der Waals surface area contributed by atoms with Crippen molar-refractivity contribution >= 4 is 21.7 Å². The molecule has 1 saturated carbocycles. The van der Waals surface area contributed by atoms with E-state index in [1.165, 1.54) is 52.2 Å². The number of aromatic nitrogens is 1. The van der Waals surface area contributed by atoms with Gasteiger partial charge in [-0.2, -0.15) is 0 Å². The fourth-order valence-corrected chi connectivity index (χ4v) is 5.21. The van der Waals surface area contributed by atoms with Crippen LogP contribution < -0.4 is 0 Å². The summed E-state index contributed by atoms with van der Waals surface area (Å²) >= 11 is 0. The van der Waals surface area contributed by atoms with E-state index in [-0.39, 0.29) is 0 Å². The molecule has 25 heavy (non-hydrogen) atoms. The van der Waals surface area contributed by atoms with Gasteiger partial charge in [-0.15, -0.1) is 0 Å². The Bertz CT molecular complexity index is 1130. The normalized spacial score (nSPS) is 21.1. The van der Waals surface area contributed by atoms with Crippen LogP contribution in [0.25, 0.3) is 32.9 Å². The maximum atomic E-state index is 5.26. The van der Waals surface area contributed by atoms with Gasteiger partial charge in [-0.25, -0.2) is 4.98 Å². The molecule has 0 amide bonds. The van der Waals surface area contributed by atoms with Crippen LogP contribution in [0.1, 0.15) is 42.2 Å². The summed E-state index contributed by atoms with van der Waals surface area (Å²) in [5, 5.41) is 3.95. The highest BCUT2D eigenvalue weighted by Crippen LogP contribution is 2.57. The second-order valence-corrected chi connectivity index (χ2v) is 7.54. The summed E-state index contributed by atoms with van der Waals surface area (Å²) in [6.45, 7) is 0. The molecule has 2 aliphatic rings. The quantitative estimate of drug-likeness (QED) is 0.369. The van der Waals surface area contributed by atoms with Crippen molar-refractivity contribution in [2.24, 2.45) is 0 Å². The van der Waals surface area contributed by atoms with Gasteiger partial charge in [0.05, 0.1) is 11.2 Å². The molecule has 0 aliphatic heterocycles. The number of rotatable bonds is 1. The first-order valence-electron chi connectivity index (χ1n) is 9.31. The van der Waals surface area contributed by atoms with Gasteiger partial charge in [0.2, 0.25) is 0 Å². The van der Waals surface area contributed by atoms with E-state index >= 15 is 0 Å². The zero-order valence-corrected chi connectivity index (χ0v) is 14.1. The van der Waals surface area contributed by atoms with E-state index in [2.05, 4.69) is 66.7 Å². The lowest BCUT2D eigenvalue weighted by Gasteiger charge is -2.21. The van der Waals surface area contributed by atoms with Gasteiger partial charge in [0.15, 0.2) is 0 Å². The summed E-state index contributed by atoms with van der Waals surface area (Å²) < 4.78 is 0. The smallest absolute Gasteiger partial charge is 0.0790 e. The second-order valence-electron chi connectivity index (χ2n) is 7.54. The molecule has 1 heterocycles. The fraction of sp³-hybridized carbons (Fsp3) is 0.208. The summed E-state index contributed by atoms with van der Waals surface area (Å²) in [7, 11) is 0. The van der Waals surface area contributed by atoms with E-state index < -0.39 is 0 Å². The highest BCUT2D eigenvalue weighted by molar-refractivity contribution is 6.07. The Morgan fingerprint density at radius 1 is 0.680 bits per heavy atom. The molecule has 6 rings (SSSR count). The molecule has 2 aliphatic carbocycles. The Kier molecular flexibility index (Phi) is 2.68. The zero-order chi connectivity index (χ0) is 16.4. The average molecular weight is 321 g/mol. The van der Waals surface area contributed by atoms with Crippen molar-refractivity contribution < 1.29 is 0 Å². The standard InChI is InChI=1S/C24H19N/c1-2-7-16(8-3-1)23-22-18-11-10-17(14-18)21(22)20-13-12-15-6-4-5-9-19(15)24(20)25-23/h1-9,12-13,17-18H,10-11,14H2. The van der Waals surface area contributed by atoms with E-state index in [0.29, 0.717) is 5.92 Å². The van der Waals surface area contributed by atoms with Crippen LogP contribution in [0.15, 0.2) is 66.7 Å². The molecule has 120 valence electrons. The number of pyridine rings is 1. The third kappa shape index (κ3) is 1.81. The van der Waals surface area contributed by atoms with Gasteiger partial charge in [0.1, 0.15) is 0 Å². The number of nitrogens with zero attached hydrogens (tertiary/aromatic N) is 1. The van der Waals surface area contributed by atoms with E-state index in [4.69, 9.17) is 4.98 Å². The number of hydrogen-bond acceptors (Lipinski definition) is 1. The summed E-state index contributed by atoms with van der Waals surface area (Å²) in [6, 6.07) is 24.0. The maximum Gasteiger partial charge on any atom is 0.0790 e. The van der Waals surface area contributed by atoms with Crippen LogP contribution in [0.2, 0.25) is 0 Å². The Hall–Kier alpha value is -2.67. The molecule has 2 bridgehead atoms. The lowest BCUT2D eigenvalue weighted by atomic mass is 9.85. The van der Waals surface area contributed by atoms with Gasteiger partial charge in [-0.05, 0) is 47.6 Å². The van der Waals surface area contributed by atoms with Crippen LogP contribution in [0.5, 0.6) is 0 Å². The van der Waals surface area contributed by atoms with Crippen LogP contribution in [-0.2, 0) is 0 Å². The highest BCUT2D eigenvalue weighted by Gasteiger charge is 2.40. The molecule has 3 aromatic carbocycles. The van der Waals surface area contributed by atoms with Crippen molar-refractivity contribution in [1.29, 1.82) is 0 Å². The topological polar surface area (TPSA) is 12.9 Å². The predicted molar refractivity (Wildman–Crippen MR) is 104 cm³/mol. The van der Waals surface area contributed by atoms with Crippen LogP contribution in [0, 0.1) is 0 Å². The number of benzene rings is 3. The molecular weight excluding hydrogens is 302 g/mol. The predicted octanol–water partition coefficient (Wildman–Crippen LogP) is 6.42. The molecule has 2 unspecified atom stereocenters. The summed E-state index contributed by atoms with van der Waals surface area (Å²) in [4.78, 5) is 5.26. The summed E-state index contributed by atoms with van der Waals surface area (Å²) in [6.07, 6.45) is 4.00. The molecule has 1 heteroatoms. The molecule has 1 aromatic heterocycles. The first kappa shape index (κ1) is 13.6. The van der Waals surface area contributed by atoms with Crippen LogP contribution in [0.3, 0.4) is 0 Å². The van der Waals surface area contributed by atoms with Crippen molar-refractivity contribution in [3.63, 3.8) is 0 Å². The van der Waals surface area contributed by atoms with Crippen molar-refractivity contribution in [2.45, 2.75) is 31.1 Å². The molecule has 0 saturated heterocycles. The third-order valence-corrected chi connectivity index (χ3v) is 6.26. The monoisotopic (exact) mass is 321 g/mol. The molecule has 1 nitrogen and oxygen atoms in total. The van der Waals surface area contributed by atoms with E-state index in [1.54, 1.807) is 11.1 Å². The molecule has 0 spiro atoms. The lowest BCUT2D eigenvalue weighted by Crippen LogP contribution is -2.04. The molecular formula is C24H19N. The largest absolute Gasteiger partial charge is 0.247 e. The van der Waals surface area contributed by atoms with Crippen LogP contribution in [0.4, 0.5) is 0 Å².